The third kappa shape index (κ3) is 2.57. The summed E-state index contributed by atoms with van der Waals surface area (Å²) >= 11 is 1.89. The van der Waals surface area contributed by atoms with E-state index < -0.39 is 4.92 Å². The molecular formula is C12H13N3O2S. The summed E-state index contributed by atoms with van der Waals surface area (Å²) in [5.41, 5.74) is 0.960. The van der Waals surface area contributed by atoms with Gasteiger partial charge in [-0.1, -0.05) is 6.92 Å². The number of anilines is 1. The molecular weight excluding hydrogens is 250 g/mol. The Balaban J connectivity index is 2.23. The number of benzene rings is 1. The Bertz CT molecular complexity index is 513. The molecule has 0 spiro atoms. The largest absolute Gasteiger partial charge is 0.380 e. The summed E-state index contributed by atoms with van der Waals surface area (Å²) < 4.78 is 0. The summed E-state index contributed by atoms with van der Waals surface area (Å²) in [6.07, 6.45) is 1.05. The van der Waals surface area contributed by atoms with Crippen LogP contribution in [0.25, 0.3) is 0 Å². The van der Waals surface area contributed by atoms with Crippen LogP contribution in [0.3, 0.4) is 0 Å². The van der Waals surface area contributed by atoms with E-state index in [-0.39, 0.29) is 5.69 Å². The second-order valence-corrected chi connectivity index (χ2v) is 5.70. The number of nitrogens with zero attached hydrogens (tertiary/aromatic N) is 2. The Labute approximate surface area is 109 Å². The van der Waals surface area contributed by atoms with Gasteiger partial charge in [0.05, 0.1) is 16.2 Å². The maximum absolute atomic E-state index is 10.6. The summed E-state index contributed by atoms with van der Waals surface area (Å²) in [7, 11) is 0. The molecule has 6 heteroatoms. The van der Waals surface area contributed by atoms with E-state index in [1.807, 2.05) is 17.8 Å². The lowest BCUT2D eigenvalue weighted by Crippen LogP contribution is -2.25. The molecule has 5 nitrogen and oxygen atoms in total. The van der Waals surface area contributed by atoms with E-state index in [4.69, 9.17) is 5.26 Å². The summed E-state index contributed by atoms with van der Waals surface area (Å²) in [6.45, 7) is 2.15. The van der Waals surface area contributed by atoms with Gasteiger partial charge >= 0.3 is 0 Å². The highest BCUT2D eigenvalue weighted by Crippen LogP contribution is 2.30. The van der Waals surface area contributed by atoms with Crippen molar-refractivity contribution in [3.05, 3.63) is 33.9 Å². The lowest BCUT2D eigenvalue weighted by Gasteiger charge is -2.18. The summed E-state index contributed by atoms with van der Waals surface area (Å²) in [4.78, 5) is 10.2. The van der Waals surface area contributed by atoms with E-state index in [9.17, 15) is 10.1 Å². The number of nitro benzene ring substituents is 1. The summed E-state index contributed by atoms with van der Waals surface area (Å²) in [6, 6.07) is 6.69. The third-order valence-corrected chi connectivity index (χ3v) is 4.38. The van der Waals surface area contributed by atoms with Crippen molar-refractivity contribution >= 4 is 23.1 Å². The first-order chi connectivity index (χ1) is 8.61. The fourth-order valence-electron chi connectivity index (χ4n) is 1.99. The Morgan fingerprint density at radius 1 is 1.61 bits per heavy atom. The minimum Gasteiger partial charge on any atom is -0.380 e. The number of hydrogen-bond donors (Lipinski definition) is 1. The minimum atomic E-state index is -0.487. The zero-order chi connectivity index (χ0) is 13.1. The Kier molecular flexibility index (Phi) is 3.72. The van der Waals surface area contributed by atoms with E-state index in [0.29, 0.717) is 22.5 Å². The van der Waals surface area contributed by atoms with Crippen LogP contribution in [0.1, 0.15) is 18.9 Å². The van der Waals surface area contributed by atoms with Gasteiger partial charge in [-0.15, -0.1) is 0 Å². The molecule has 0 amide bonds. The summed E-state index contributed by atoms with van der Waals surface area (Å²) in [5.74, 6) is 1.10. The topological polar surface area (TPSA) is 79.0 Å². The van der Waals surface area contributed by atoms with Gasteiger partial charge in [0.2, 0.25) is 0 Å². The normalized spacial score (nSPS) is 22.4. The standard InChI is InChI=1S/C12H13N3O2S/c1-8-11(4-5-18-8)14-12-3-2-10(15(16)17)6-9(12)7-13/h2-3,6,8,11,14H,4-5H2,1H3. The van der Waals surface area contributed by atoms with Crippen molar-refractivity contribution < 1.29 is 4.92 Å². The highest BCUT2D eigenvalue weighted by atomic mass is 32.2. The predicted molar refractivity (Wildman–Crippen MR) is 71.8 cm³/mol. The van der Waals surface area contributed by atoms with E-state index in [0.717, 1.165) is 12.2 Å². The summed E-state index contributed by atoms with van der Waals surface area (Å²) in [5, 5.41) is 23.5. The molecule has 0 radical (unpaired) electrons. The smallest absolute Gasteiger partial charge is 0.270 e. The highest BCUT2D eigenvalue weighted by Gasteiger charge is 2.24. The molecule has 1 N–H and O–H groups in total. The van der Waals surface area contributed by atoms with Crippen molar-refractivity contribution in [1.82, 2.24) is 0 Å². The Morgan fingerprint density at radius 3 is 2.94 bits per heavy atom. The number of thioether (sulfide) groups is 1. The molecule has 2 atom stereocenters. The molecule has 94 valence electrons. The highest BCUT2D eigenvalue weighted by molar-refractivity contribution is 8.00. The van der Waals surface area contributed by atoms with Crippen LogP contribution in [0.5, 0.6) is 0 Å². The average molecular weight is 263 g/mol. The zero-order valence-corrected chi connectivity index (χ0v) is 10.7. The van der Waals surface area contributed by atoms with Gasteiger partial charge in [-0.25, -0.2) is 0 Å². The van der Waals surface area contributed by atoms with Gasteiger partial charge in [0.25, 0.3) is 5.69 Å². The average Bonchev–Trinajstić information content (AvgIpc) is 2.75. The molecule has 1 saturated heterocycles. The van der Waals surface area contributed by atoms with Crippen LogP contribution < -0.4 is 5.32 Å². The van der Waals surface area contributed by atoms with Gasteiger partial charge in [0.1, 0.15) is 6.07 Å². The van der Waals surface area contributed by atoms with Crippen LogP contribution in [0, 0.1) is 21.4 Å². The fourth-order valence-corrected chi connectivity index (χ4v) is 3.18. The second-order valence-electron chi connectivity index (χ2n) is 4.21. The van der Waals surface area contributed by atoms with Crippen LogP contribution in [0.4, 0.5) is 11.4 Å². The Hall–Kier alpha value is -1.74. The molecule has 0 saturated carbocycles. The van der Waals surface area contributed by atoms with E-state index in [2.05, 4.69) is 12.2 Å². The molecule has 0 bridgehead atoms. The molecule has 1 aromatic carbocycles. The molecule has 1 aromatic rings. The van der Waals surface area contributed by atoms with Crippen LogP contribution in [-0.4, -0.2) is 22.0 Å². The zero-order valence-electron chi connectivity index (χ0n) is 9.92. The first-order valence-electron chi connectivity index (χ1n) is 5.68. The second kappa shape index (κ2) is 5.27. The molecule has 18 heavy (non-hydrogen) atoms. The van der Waals surface area contributed by atoms with Gasteiger partial charge in [0.15, 0.2) is 0 Å². The van der Waals surface area contributed by atoms with Crippen molar-refractivity contribution in [1.29, 1.82) is 5.26 Å². The number of rotatable bonds is 3. The maximum Gasteiger partial charge on any atom is 0.270 e. The first-order valence-corrected chi connectivity index (χ1v) is 6.73. The van der Waals surface area contributed by atoms with Gasteiger partial charge < -0.3 is 5.32 Å². The van der Waals surface area contributed by atoms with Crippen molar-refractivity contribution in [2.45, 2.75) is 24.6 Å². The van der Waals surface area contributed by atoms with Crippen molar-refractivity contribution in [2.24, 2.45) is 0 Å². The molecule has 0 aliphatic carbocycles. The van der Waals surface area contributed by atoms with Crippen LogP contribution >= 0.6 is 11.8 Å². The number of hydrogen-bond acceptors (Lipinski definition) is 5. The van der Waals surface area contributed by atoms with Crippen LogP contribution in [0.2, 0.25) is 0 Å². The van der Waals surface area contributed by atoms with Crippen LogP contribution in [0.15, 0.2) is 18.2 Å². The fraction of sp³-hybridized carbons (Fsp3) is 0.417. The van der Waals surface area contributed by atoms with Gasteiger partial charge in [-0.3, -0.25) is 10.1 Å². The quantitative estimate of drug-likeness (QED) is 0.670. The third-order valence-electron chi connectivity index (χ3n) is 3.05. The maximum atomic E-state index is 10.6. The lowest BCUT2D eigenvalue weighted by atomic mass is 10.1. The van der Waals surface area contributed by atoms with Crippen molar-refractivity contribution in [3.63, 3.8) is 0 Å². The van der Waals surface area contributed by atoms with Gasteiger partial charge in [-0.05, 0) is 18.2 Å². The number of nitrogens with one attached hydrogen (secondary N) is 1. The van der Waals surface area contributed by atoms with Crippen molar-refractivity contribution in [3.8, 4) is 6.07 Å². The number of non-ortho nitro benzene ring substituents is 1. The molecule has 2 rings (SSSR count). The Morgan fingerprint density at radius 2 is 2.39 bits per heavy atom. The minimum absolute atomic E-state index is 0.0501. The molecule has 1 aliphatic heterocycles. The van der Waals surface area contributed by atoms with E-state index >= 15 is 0 Å². The van der Waals surface area contributed by atoms with Gasteiger partial charge in [-0.2, -0.15) is 17.0 Å². The molecule has 2 unspecified atom stereocenters. The van der Waals surface area contributed by atoms with Gasteiger partial charge in [0, 0.05) is 23.4 Å². The molecule has 1 aliphatic rings. The number of nitro groups is 1. The molecule has 0 aromatic heterocycles. The lowest BCUT2D eigenvalue weighted by molar-refractivity contribution is -0.384. The SMILES string of the molecule is CC1SCCC1Nc1ccc([N+](=O)[O-])cc1C#N. The molecule has 1 heterocycles. The molecule has 1 fully saturated rings. The monoisotopic (exact) mass is 263 g/mol. The predicted octanol–water partition coefficient (Wildman–Crippen LogP) is 2.77. The first kappa shape index (κ1) is 12.7. The number of nitriles is 1. The van der Waals surface area contributed by atoms with Crippen LogP contribution in [-0.2, 0) is 0 Å². The van der Waals surface area contributed by atoms with E-state index in [1.54, 1.807) is 6.07 Å². The van der Waals surface area contributed by atoms with E-state index in [1.165, 1.54) is 12.1 Å². The van der Waals surface area contributed by atoms with Crippen molar-refractivity contribution in [2.75, 3.05) is 11.1 Å².